The first-order valence-corrected chi connectivity index (χ1v) is 7.65. The lowest BCUT2D eigenvalue weighted by Crippen LogP contribution is -2.19. The second-order valence-corrected chi connectivity index (χ2v) is 6.67. The van der Waals surface area contributed by atoms with Crippen LogP contribution >= 0.6 is 0 Å². The molecule has 0 saturated heterocycles. The molecule has 116 valence electrons. The van der Waals surface area contributed by atoms with Gasteiger partial charge in [0.05, 0.1) is 17.8 Å². The Morgan fingerprint density at radius 3 is 2.71 bits per heavy atom. The Kier molecular flexibility index (Phi) is 5.37. The molecule has 0 spiro atoms. The van der Waals surface area contributed by atoms with E-state index in [2.05, 4.69) is 55.0 Å². The van der Waals surface area contributed by atoms with E-state index in [0.29, 0.717) is 5.41 Å². The lowest BCUT2D eigenvalue weighted by molar-refractivity contribution is 0.199. The van der Waals surface area contributed by atoms with Crippen molar-refractivity contribution in [1.29, 1.82) is 0 Å². The number of ether oxygens (including phenoxy) is 1. The van der Waals surface area contributed by atoms with Crippen molar-refractivity contribution in [2.24, 2.45) is 5.41 Å². The Labute approximate surface area is 127 Å². The predicted octanol–water partition coefficient (Wildman–Crippen LogP) is 3.21. The van der Waals surface area contributed by atoms with Crippen molar-refractivity contribution >= 4 is 10.9 Å². The van der Waals surface area contributed by atoms with Crippen LogP contribution in [0, 0.1) is 5.41 Å². The molecule has 0 aliphatic carbocycles. The molecule has 2 aromatic rings. The maximum atomic E-state index is 5.06. The zero-order chi connectivity index (χ0) is 15.3. The van der Waals surface area contributed by atoms with Gasteiger partial charge in [0.1, 0.15) is 0 Å². The minimum absolute atomic E-state index is 0.323. The molecule has 0 amide bonds. The molecule has 0 fully saturated rings. The van der Waals surface area contributed by atoms with Crippen molar-refractivity contribution < 1.29 is 4.74 Å². The molecule has 1 aromatic carbocycles. The SMILES string of the molecule is COCCNCc1nn(CCC(C)(C)C)c2ccccc12. The number of nitrogens with zero attached hydrogens (tertiary/aromatic N) is 2. The van der Waals surface area contributed by atoms with Crippen molar-refractivity contribution in [2.45, 2.75) is 40.3 Å². The number of aromatic nitrogens is 2. The monoisotopic (exact) mass is 289 g/mol. The van der Waals surface area contributed by atoms with Gasteiger partial charge in [-0.3, -0.25) is 4.68 Å². The highest BCUT2D eigenvalue weighted by Crippen LogP contribution is 2.23. The number of rotatable bonds is 7. The van der Waals surface area contributed by atoms with E-state index < -0.39 is 0 Å². The fourth-order valence-electron chi connectivity index (χ4n) is 2.32. The summed E-state index contributed by atoms with van der Waals surface area (Å²) >= 11 is 0. The molecule has 4 heteroatoms. The van der Waals surface area contributed by atoms with E-state index in [-0.39, 0.29) is 0 Å². The number of fused-ring (bicyclic) bond motifs is 1. The molecule has 0 bridgehead atoms. The third kappa shape index (κ3) is 4.55. The normalized spacial score (nSPS) is 12.2. The Hall–Kier alpha value is -1.39. The molecule has 0 aliphatic heterocycles. The van der Waals surface area contributed by atoms with Gasteiger partial charge in [0.15, 0.2) is 0 Å². The van der Waals surface area contributed by atoms with Crippen LogP contribution in [0.5, 0.6) is 0 Å². The third-order valence-corrected chi connectivity index (χ3v) is 3.58. The third-order valence-electron chi connectivity index (χ3n) is 3.58. The largest absolute Gasteiger partial charge is 0.383 e. The maximum Gasteiger partial charge on any atom is 0.0841 e. The first-order valence-electron chi connectivity index (χ1n) is 7.65. The summed E-state index contributed by atoms with van der Waals surface area (Å²) in [6.07, 6.45) is 1.12. The zero-order valence-corrected chi connectivity index (χ0v) is 13.6. The van der Waals surface area contributed by atoms with Crippen LogP contribution in [-0.4, -0.2) is 30.0 Å². The van der Waals surface area contributed by atoms with Gasteiger partial charge in [-0.05, 0) is 17.9 Å². The zero-order valence-electron chi connectivity index (χ0n) is 13.6. The summed E-state index contributed by atoms with van der Waals surface area (Å²) < 4.78 is 7.21. The van der Waals surface area contributed by atoms with Gasteiger partial charge in [-0.2, -0.15) is 5.10 Å². The Balaban J connectivity index is 2.14. The minimum Gasteiger partial charge on any atom is -0.383 e. The number of methoxy groups -OCH3 is 1. The maximum absolute atomic E-state index is 5.06. The van der Waals surface area contributed by atoms with E-state index in [1.54, 1.807) is 7.11 Å². The molecule has 1 aromatic heterocycles. The van der Waals surface area contributed by atoms with Crippen LogP contribution in [0.4, 0.5) is 0 Å². The van der Waals surface area contributed by atoms with Crippen LogP contribution in [0.15, 0.2) is 24.3 Å². The van der Waals surface area contributed by atoms with E-state index in [9.17, 15) is 0 Å². The van der Waals surface area contributed by atoms with Gasteiger partial charge in [-0.1, -0.05) is 39.0 Å². The number of nitrogens with one attached hydrogen (secondary N) is 1. The molecule has 2 rings (SSSR count). The van der Waals surface area contributed by atoms with Crippen molar-refractivity contribution in [3.05, 3.63) is 30.0 Å². The van der Waals surface area contributed by atoms with Gasteiger partial charge < -0.3 is 10.1 Å². The smallest absolute Gasteiger partial charge is 0.0841 e. The van der Waals surface area contributed by atoms with E-state index in [1.165, 1.54) is 10.9 Å². The van der Waals surface area contributed by atoms with Gasteiger partial charge in [-0.25, -0.2) is 0 Å². The number of para-hydroxylation sites is 1. The molecular formula is C17H27N3O. The van der Waals surface area contributed by atoms with E-state index >= 15 is 0 Å². The number of hydrogen-bond donors (Lipinski definition) is 1. The molecular weight excluding hydrogens is 262 g/mol. The van der Waals surface area contributed by atoms with Gasteiger partial charge >= 0.3 is 0 Å². The highest BCUT2D eigenvalue weighted by molar-refractivity contribution is 5.81. The van der Waals surface area contributed by atoms with Crippen molar-refractivity contribution in [1.82, 2.24) is 15.1 Å². The molecule has 0 unspecified atom stereocenters. The van der Waals surface area contributed by atoms with Crippen LogP contribution in [-0.2, 0) is 17.8 Å². The number of benzene rings is 1. The lowest BCUT2D eigenvalue weighted by Gasteiger charge is -2.17. The quantitative estimate of drug-likeness (QED) is 0.796. The Bertz CT molecular complexity index is 569. The van der Waals surface area contributed by atoms with Crippen LogP contribution in [0.1, 0.15) is 32.9 Å². The fourth-order valence-corrected chi connectivity index (χ4v) is 2.32. The average Bonchev–Trinajstić information content (AvgIpc) is 2.79. The highest BCUT2D eigenvalue weighted by atomic mass is 16.5. The van der Waals surface area contributed by atoms with Crippen LogP contribution in [0.25, 0.3) is 10.9 Å². The predicted molar refractivity (Wildman–Crippen MR) is 87.4 cm³/mol. The van der Waals surface area contributed by atoms with Crippen molar-refractivity contribution in [3.8, 4) is 0 Å². The average molecular weight is 289 g/mol. The van der Waals surface area contributed by atoms with Crippen molar-refractivity contribution in [2.75, 3.05) is 20.3 Å². The Morgan fingerprint density at radius 1 is 1.24 bits per heavy atom. The molecule has 0 aliphatic rings. The molecule has 21 heavy (non-hydrogen) atoms. The van der Waals surface area contributed by atoms with Gasteiger partial charge in [0, 0.05) is 32.1 Å². The van der Waals surface area contributed by atoms with Gasteiger partial charge in [-0.15, -0.1) is 0 Å². The summed E-state index contributed by atoms with van der Waals surface area (Å²) in [6, 6.07) is 8.48. The fraction of sp³-hybridized carbons (Fsp3) is 0.588. The molecule has 0 saturated carbocycles. The summed E-state index contributed by atoms with van der Waals surface area (Å²) in [6.45, 7) is 10.1. The summed E-state index contributed by atoms with van der Waals surface area (Å²) in [5.74, 6) is 0. The van der Waals surface area contributed by atoms with E-state index in [0.717, 1.165) is 38.4 Å². The van der Waals surface area contributed by atoms with Crippen LogP contribution in [0.2, 0.25) is 0 Å². The minimum atomic E-state index is 0.323. The first-order chi connectivity index (χ1) is 10.0. The van der Waals surface area contributed by atoms with Crippen molar-refractivity contribution in [3.63, 3.8) is 0 Å². The summed E-state index contributed by atoms with van der Waals surface area (Å²) in [4.78, 5) is 0. The molecule has 1 N–H and O–H groups in total. The summed E-state index contributed by atoms with van der Waals surface area (Å²) in [5, 5.41) is 9.43. The topological polar surface area (TPSA) is 39.1 Å². The standard InChI is InChI=1S/C17H27N3O/c1-17(2,3)9-11-20-16-8-6-5-7-14(16)15(19-20)13-18-10-12-21-4/h5-8,18H,9-13H2,1-4H3. The number of hydrogen-bond acceptors (Lipinski definition) is 3. The molecule has 4 nitrogen and oxygen atoms in total. The highest BCUT2D eigenvalue weighted by Gasteiger charge is 2.14. The molecule has 1 heterocycles. The second kappa shape index (κ2) is 7.05. The lowest BCUT2D eigenvalue weighted by atomic mass is 9.92. The summed E-state index contributed by atoms with van der Waals surface area (Å²) in [5.41, 5.74) is 2.67. The molecule has 0 radical (unpaired) electrons. The van der Waals surface area contributed by atoms with Crippen LogP contribution in [0.3, 0.4) is 0 Å². The summed E-state index contributed by atoms with van der Waals surface area (Å²) in [7, 11) is 1.72. The van der Waals surface area contributed by atoms with E-state index in [4.69, 9.17) is 9.84 Å². The first kappa shape index (κ1) is 16.0. The van der Waals surface area contributed by atoms with Gasteiger partial charge in [0.2, 0.25) is 0 Å². The number of aryl methyl sites for hydroxylation is 1. The molecule has 0 atom stereocenters. The second-order valence-electron chi connectivity index (χ2n) is 6.67. The Morgan fingerprint density at radius 2 is 2.00 bits per heavy atom. The van der Waals surface area contributed by atoms with Gasteiger partial charge in [0.25, 0.3) is 0 Å². The van der Waals surface area contributed by atoms with Crippen LogP contribution < -0.4 is 5.32 Å². The van der Waals surface area contributed by atoms with E-state index in [1.807, 2.05) is 0 Å².